The third-order valence-corrected chi connectivity index (χ3v) is 10.6. The normalized spacial score (nSPS) is 14.3. The average Bonchev–Trinajstić information content (AvgIpc) is 3.20. The van der Waals surface area contributed by atoms with Gasteiger partial charge >= 0.3 is 6.18 Å². The standard InChI is InChI=1S/C42H45F3IN3O6/c1-47(19-22-55-30-34-25-37(52-2)27-38(26-34)53-3)40(51)41(46,28-32-7-5-4-6-8-32)49(29-33-11-16-36(17-12-33)48-20-23-54-24-21-48)39(50)18-13-31-9-14-35(15-10-31)42(43,44)45/h4-18,25-27H,19-24,28-30H2,1-3H3. The van der Waals surface area contributed by atoms with E-state index in [9.17, 15) is 22.8 Å². The van der Waals surface area contributed by atoms with Crippen molar-refractivity contribution in [3.8, 4) is 11.5 Å². The molecular weight excluding hydrogens is 826 g/mol. The highest BCUT2D eigenvalue weighted by atomic mass is 127. The summed E-state index contributed by atoms with van der Waals surface area (Å²) in [6.07, 6.45) is -1.52. The van der Waals surface area contributed by atoms with Crippen LogP contribution in [0, 0.1) is 0 Å². The van der Waals surface area contributed by atoms with Crippen molar-refractivity contribution in [2.45, 2.75) is 29.3 Å². The molecule has 1 heterocycles. The molecule has 1 aliphatic rings. The van der Waals surface area contributed by atoms with E-state index in [0.717, 1.165) is 47.6 Å². The van der Waals surface area contributed by atoms with Crippen molar-refractivity contribution in [1.29, 1.82) is 0 Å². The second-order valence-electron chi connectivity index (χ2n) is 13.1. The van der Waals surface area contributed by atoms with Gasteiger partial charge in [0.05, 0.1) is 46.2 Å². The zero-order chi connectivity index (χ0) is 39.4. The fourth-order valence-electron chi connectivity index (χ4n) is 6.12. The number of hydrogen-bond donors (Lipinski definition) is 0. The predicted octanol–water partition coefficient (Wildman–Crippen LogP) is 7.65. The van der Waals surface area contributed by atoms with E-state index in [1.54, 1.807) is 32.2 Å². The van der Waals surface area contributed by atoms with E-state index < -0.39 is 21.2 Å². The van der Waals surface area contributed by atoms with Crippen LogP contribution < -0.4 is 14.4 Å². The number of ether oxygens (including phenoxy) is 4. The minimum atomic E-state index is -4.48. The molecule has 2 amide bonds. The van der Waals surface area contributed by atoms with Gasteiger partial charge in [-0.15, -0.1) is 0 Å². The molecule has 4 aromatic carbocycles. The lowest BCUT2D eigenvalue weighted by Crippen LogP contribution is -2.58. The molecule has 0 N–H and O–H groups in total. The summed E-state index contributed by atoms with van der Waals surface area (Å²) in [6, 6.07) is 27.4. The van der Waals surface area contributed by atoms with E-state index in [0.29, 0.717) is 30.3 Å². The van der Waals surface area contributed by atoms with E-state index in [2.05, 4.69) is 27.5 Å². The van der Waals surface area contributed by atoms with E-state index in [1.165, 1.54) is 29.2 Å². The predicted molar refractivity (Wildman–Crippen MR) is 214 cm³/mol. The van der Waals surface area contributed by atoms with Crippen molar-refractivity contribution in [2.24, 2.45) is 0 Å². The Labute approximate surface area is 333 Å². The first-order valence-corrected chi connectivity index (χ1v) is 18.8. The molecule has 1 atom stereocenters. The van der Waals surface area contributed by atoms with Crippen LogP contribution in [0.4, 0.5) is 18.9 Å². The summed E-state index contributed by atoms with van der Waals surface area (Å²) < 4.78 is 60.4. The number of anilines is 1. The molecule has 292 valence electrons. The van der Waals surface area contributed by atoms with Crippen molar-refractivity contribution in [3.05, 3.63) is 131 Å². The molecule has 1 saturated heterocycles. The van der Waals surface area contributed by atoms with Gasteiger partial charge in [0, 0.05) is 57.5 Å². The summed E-state index contributed by atoms with van der Waals surface area (Å²) in [5.74, 6) is 0.472. The maximum Gasteiger partial charge on any atom is 0.416 e. The molecule has 9 nitrogen and oxygen atoms in total. The van der Waals surface area contributed by atoms with Crippen LogP contribution >= 0.6 is 22.6 Å². The van der Waals surface area contributed by atoms with Crippen LogP contribution in [0.25, 0.3) is 6.08 Å². The summed E-state index contributed by atoms with van der Waals surface area (Å²) in [6.45, 7) is 3.61. The molecule has 0 saturated carbocycles. The molecule has 1 aliphatic heterocycles. The Morgan fingerprint density at radius 3 is 2.09 bits per heavy atom. The Bertz CT molecular complexity index is 1870. The maximum atomic E-state index is 14.7. The Hall–Kier alpha value is -4.60. The average molecular weight is 872 g/mol. The Balaban J connectivity index is 1.42. The second-order valence-corrected chi connectivity index (χ2v) is 14.8. The molecule has 13 heteroatoms. The van der Waals surface area contributed by atoms with Gasteiger partial charge in [-0.3, -0.25) is 9.59 Å². The van der Waals surface area contributed by atoms with Crippen molar-refractivity contribution in [3.63, 3.8) is 0 Å². The number of likely N-dealkylation sites (N-methyl/N-ethyl adjacent to an activating group) is 1. The fourth-order valence-corrected chi connectivity index (χ4v) is 7.38. The number of nitrogens with zero attached hydrogens (tertiary/aromatic N) is 3. The lowest BCUT2D eigenvalue weighted by atomic mass is 10.0. The van der Waals surface area contributed by atoms with Crippen molar-refractivity contribution in [2.75, 3.05) is 65.6 Å². The van der Waals surface area contributed by atoms with Gasteiger partial charge < -0.3 is 33.6 Å². The van der Waals surface area contributed by atoms with Crippen LogP contribution in [0.1, 0.15) is 27.8 Å². The summed E-state index contributed by atoms with van der Waals surface area (Å²) in [5.41, 5.74) is 3.14. The van der Waals surface area contributed by atoms with E-state index in [-0.39, 0.29) is 38.6 Å². The zero-order valence-corrected chi connectivity index (χ0v) is 33.2. The number of alkyl halides is 4. The third kappa shape index (κ3) is 11.5. The molecule has 4 aromatic rings. The highest BCUT2D eigenvalue weighted by Gasteiger charge is 2.45. The number of hydrogen-bond acceptors (Lipinski definition) is 7. The number of methoxy groups -OCH3 is 2. The van der Waals surface area contributed by atoms with Crippen LogP contribution in [0.15, 0.2) is 103 Å². The summed E-state index contributed by atoms with van der Waals surface area (Å²) in [5, 5.41) is 0. The first-order valence-electron chi connectivity index (χ1n) is 17.8. The van der Waals surface area contributed by atoms with Gasteiger partial charge in [-0.2, -0.15) is 13.2 Å². The fraction of sp³-hybridized carbons (Fsp3) is 0.333. The first kappa shape index (κ1) is 41.6. The van der Waals surface area contributed by atoms with Crippen molar-refractivity contribution < 1.29 is 41.7 Å². The Morgan fingerprint density at radius 1 is 0.855 bits per heavy atom. The topological polar surface area (TPSA) is 80.8 Å². The largest absolute Gasteiger partial charge is 0.497 e. The number of halogens is 4. The molecule has 0 aliphatic carbocycles. The van der Waals surface area contributed by atoms with Gasteiger partial charge in [0.15, 0.2) is 3.55 Å². The van der Waals surface area contributed by atoms with Gasteiger partial charge in [-0.05, 0) is 87.3 Å². The quantitative estimate of drug-likeness (QED) is 0.0377. The SMILES string of the molecule is COc1cc(COCCN(C)C(=O)C(I)(Cc2ccccc2)N(Cc2ccc(N3CCOCC3)cc2)C(=O)C=Cc2ccc(C(F)(F)F)cc2)cc(OC)c1. The van der Waals surface area contributed by atoms with Crippen LogP contribution in [0.5, 0.6) is 11.5 Å². The maximum absolute atomic E-state index is 14.7. The molecule has 55 heavy (non-hydrogen) atoms. The number of carbonyl (C=O) groups excluding carboxylic acids is 2. The van der Waals surface area contributed by atoms with Crippen molar-refractivity contribution >= 4 is 46.2 Å². The van der Waals surface area contributed by atoms with Gasteiger partial charge in [0.25, 0.3) is 5.91 Å². The van der Waals surface area contributed by atoms with Gasteiger partial charge in [0.2, 0.25) is 5.91 Å². The number of rotatable bonds is 16. The molecule has 0 spiro atoms. The molecule has 1 unspecified atom stereocenters. The Morgan fingerprint density at radius 2 is 1.49 bits per heavy atom. The van der Waals surface area contributed by atoms with Crippen LogP contribution in [-0.2, 0) is 44.8 Å². The highest BCUT2D eigenvalue weighted by Crippen LogP contribution is 2.34. The second kappa shape index (κ2) is 19.3. The molecule has 5 rings (SSSR count). The number of benzene rings is 4. The first-order chi connectivity index (χ1) is 26.4. The number of carbonyl (C=O) groups is 2. The molecule has 0 bridgehead atoms. The lowest BCUT2D eigenvalue weighted by Gasteiger charge is -2.40. The molecule has 0 radical (unpaired) electrons. The number of amides is 2. The van der Waals surface area contributed by atoms with Crippen LogP contribution in [-0.4, -0.2) is 85.9 Å². The van der Waals surface area contributed by atoms with E-state index in [1.807, 2.05) is 66.7 Å². The van der Waals surface area contributed by atoms with Crippen LogP contribution in [0.2, 0.25) is 0 Å². The smallest absolute Gasteiger partial charge is 0.416 e. The van der Waals surface area contributed by atoms with Gasteiger partial charge in [-0.1, -0.05) is 54.6 Å². The van der Waals surface area contributed by atoms with E-state index >= 15 is 0 Å². The third-order valence-electron chi connectivity index (χ3n) is 9.21. The minimum Gasteiger partial charge on any atom is -0.497 e. The minimum absolute atomic E-state index is 0.0864. The molecule has 0 aromatic heterocycles. The summed E-state index contributed by atoms with van der Waals surface area (Å²) >= 11 is 2.08. The molecular formula is C42H45F3IN3O6. The number of morpholine rings is 1. The van der Waals surface area contributed by atoms with E-state index in [4.69, 9.17) is 18.9 Å². The van der Waals surface area contributed by atoms with Crippen LogP contribution in [0.3, 0.4) is 0 Å². The summed E-state index contributed by atoms with van der Waals surface area (Å²) in [7, 11) is 4.83. The zero-order valence-electron chi connectivity index (χ0n) is 31.1. The molecule has 1 fully saturated rings. The van der Waals surface area contributed by atoms with Gasteiger partial charge in [0.1, 0.15) is 11.5 Å². The van der Waals surface area contributed by atoms with Crippen molar-refractivity contribution in [1.82, 2.24) is 9.80 Å². The lowest BCUT2D eigenvalue weighted by molar-refractivity contribution is -0.144. The summed E-state index contributed by atoms with van der Waals surface area (Å²) in [4.78, 5) is 34.4. The monoisotopic (exact) mass is 871 g/mol. The highest BCUT2D eigenvalue weighted by molar-refractivity contribution is 14.1. The Kier molecular flexibility index (Phi) is 14.6. The van der Waals surface area contributed by atoms with Gasteiger partial charge in [-0.25, -0.2) is 0 Å².